The third kappa shape index (κ3) is 3.16. The molecule has 1 heterocycles. The summed E-state index contributed by atoms with van der Waals surface area (Å²) in [6, 6.07) is 3.82. The maximum Gasteiger partial charge on any atom is 0.125 e. The molecule has 0 aliphatic heterocycles. The van der Waals surface area contributed by atoms with Crippen LogP contribution in [0.5, 0.6) is 0 Å². The largest absolute Gasteiger partial charge is 0.389 e. The Kier molecular flexibility index (Phi) is 3.16. The molecule has 15 heavy (non-hydrogen) atoms. The lowest BCUT2D eigenvalue weighted by Gasteiger charge is -2.05. The van der Waals surface area contributed by atoms with Gasteiger partial charge in [0.15, 0.2) is 0 Å². The second-order valence-electron chi connectivity index (χ2n) is 3.96. The maximum atomic E-state index is 5.48. The lowest BCUT2D eigenvalue weighted by molar-refractivity contribution is 0.758. The van der Waals surface area contributed by atoms with Crippen molar-refractivity contribution in [3.8, 4) is 0 Å². The summed E-state index contributed by atoms with van der Waals surface area (Å²) in [5, 5.41) is 3.29. The molecule has 4 heteroatoms. The van der Waals surface area contributed by atoms with Crippen molar-refractivity contribution in [2.45, 2.75) is 19.3 Å². The summed E-state index contributed by atoms with van der Waals surface area (Å²) in [4.78, 5) is 4.63. The van der Waals surface area contributed by atoms with E-state index in [4.69, 9.17) is 18.0 Å². The first-order chi connectivity index (χ1) is 7.25. The van der Waals surface area contributed by atoms with Crippen molar-refractivity contribution < 1.29 is 0 Å². The van der Waals surface area contributed by atoms with Crippen molar-refractivity contribution >= 4 is 23.0 Å². The Labute approximate surface area is 95.1 Å². The zero-order valence-corrected chi connectivity index (χ0v) is 9.39. The number of nitrogens with zero attached hydrogens (tertiary/aromatic N) is 1. The van der Waals surface area contributed by atoms with Crippen molar-refractivity contribution in [2.24, 2.45) is 11.7 Å². The predicted octanol–water partition coefficient (Wildman–Crippen LogP) is 1.93. The zero-order chi connectivity index (χ0) is 10.7. The highest BCUT2D eigenvalue weighted by atomic mass is 32.1. The van der Waals surface area contributed by atoms with Gasteiger partial charge in [-0.2, -0.15) is 0 Å². The predicted molar refractivity (Wildman–Crippen MR) is 66.0 cm³/mol. The van der Waals surface area contributed by atoms with Crippen molar-refractivity contribution in [3.05, 3.63) is 23.9 Å². The van der Waals surface area contributed by atoms with Crippen LogP contribution in [0, 0.1) is 5.92 Å². The fraction of sp³-hybridized carbons (Fsp3) is 0.455. The first-order valence-corrected chi connectivity index (χ1v) is 5.66. The van der Waals surface area contributed by atoms with E-state index in [1.54, 1.807) is 6.20 Å². The van der Waals surface area contributed by atoms with Crippen molar-refractivity contribution in [2.75, 3.05) is 11.9 Å². The van der Waals surface area contributed by atoms with E-state index in [1.165, 1.54) is 19.3 Å². The molecule has 0 aromatic carbocycles. The lowest BCUT2D eigenvalue weighted by Crippen LogP contribution is -2.10. The summed E-state index contributed by atoms with van der Waals surface area (Å²) in [6.07, 6.45) is 5.76. The van der Waals surface area contributed by atoms with Gasteiger partial charge in [0.25, 0.3) is 0 Å². The number of hydrogen-bond acceptors (Lipinski definition) is 3. The average molecular weight is 221 g/mol. The molecule has 0 amide bonds. The number of nitrogens with one attached hydrogen (secondary N) is 1. The Hall–Kier alpha value is -1.16. The molecular formula is C11H15N3S. The minimum absolute atomic E-state index is 0.395. The Morgan fingerprint density at radius 3 is 2.87 bits per heavy atom. The van der Waals surface area contributed by atoms with Gasteiger partial charge in [-0.3, -0.25) is 0 Å². The van der Waals surface area contributed by atoms with Crippen LogP contribution in [0.25, 0.3) is 0 Å². The number of pyridine rings is 1. The number of hydrogen-bond donors (Lipinski definition) is 2. The van der Waals surface area contributed by atoms with E-state index in [9.17, 15) is 0 Å². The van der Waals surface area contributed by atoms with Gasteiger partial charge in [0.05, 0.1) is 0 Å². The number of anilines is 1. The quantitative estimate of drug-likeness (QED) is 0.746. The maximum absolute atomic E-state index is 5.48. The van der Waals surface area contributed by atoms with Gasteiger partial charge in [0, 0.05) is 18.3 Å². The molecule has 0 radical (unpaired) electrons. The molecule has 0 atom stereocenters. The molecule has 0 unspecified atom stereocenters. The molecule has 0 saturated heterocycles. The van der Waals surface area contributed by atoms with E-state index < -0.39 is 0 Å². The van der Waals surface area contributed by atoms with Crippen LogP contribution >= 0.6 is 12.2 Å². The molecule has 3 nitrogen and oxygen atoms in total. The standard InChI is InChI=1S/C11H15N3S/c12-11(15)9-3-4-10(14-7-9)13-6-5-8-1-2-8/h3-4,7-8H,1-2,5-6H2,(H2,12,15)(H,13,14). The van der Waals surface area contributed by atoms with Gasteiger partial charge in [-0.25, -0.2) is 4.98 Å². The topological polar surface area (TPSA) is 50.9 Å². The monoisotopic (exact) mass is 221 g/mol. The summed E-state index contributed by atoms with van der Waals surface area (Å²) in [7, 11) is 0. The molecule has 80 valence electrons. The molecular weight excluding hydrogens is 206 g/mol. The normalized spacial score (nSPS) is 14.9. The molecule has 1 aliphatic rings. The smallest absolute Gasteiger partial charge is 0.125 e. The summed E-state index contributed by atoms with van der Waals surface area (Å²) in [5.41, 5.74) is 6.30. The van der Waals surface area contributed by atoms with E-state index >= 15 is 0 Å². The Bertz CT molecular complexity index is 343. The van der Waals surface area contributed by atoms with E-state index in [0.29, 0.717) is 4.99 Å². The zero-order valence-electron chi connectivity index (χ0n) is 8.57. The second-order valence-corrected chi connectivity index (χ2v) is 4.40. The van der Waals surface area contributed by atoms with Gasteiger partial charge in [-0.1, -0.05) is 25.1 Å². The van der Waals surface area contributed by atoms with Crippen LogP contribution in [-0.2, 0) is 0 Å². The van der Waals surface area contributed by atoms with Gasteiger partial charge in [-0.05, 0) is 24.5 Å². The van der Waals surface area contributed by atoms with E-state index in [1.807, 2.05) is 12.1 Å². The van der Waals surface area contributed by atoms with Crippen LogP contribution in [0.4, 0.5) is 5.82 Å². The van der Waals surface area contributed by atoms with Crippen molar-refractivity contribution in [1.29, 1.82) is 0 Å². The third-order valence-electron chi connectivity index (χ3n) is 2.60. The summed E-state index contributed by atoms with van der Waals surface area (Å²) in [6.45, 7) is 1.00. The van der Waals surface area contributed by atoms with Crippen LogP contribution in [0.3, 0.4) is 0 Å². The Morgan fingerprint density at radius 2 is 2.33 bits per heavy atom. The number of nitrogens with two attached hydrogens (primary N) is 1. The van der Waals surface area contributed by atoms with Crippen molar-refractivity contribution in [1.82, 2.24) is 4.98 Å². The number of aromatic nitrogens is 1. The molecule has 3 N–H and O–H groups in total. The van der Waals surface area contributed by atoms with Crippen LogP contribution in [-0.4, -0.2) is 16.5 Å². The van der Waals surface area contributed by atoms with Gasteiger partial charge in [-0.15, -0.1) is 0 Å². The summed E-state index contributed by atoms with van der Waals surface area (Å²) >= 11 is 4.85. The molecule has 2 rings (SSSR count). The molecule has 0 spiro atoms. The fourth-order valence-electron chi connectivity index (χ4n) is 1.46. The molecule has 1 aromatic heterocycles. The molecule has 1 fully saturated rings. The highest BCUT2D eigenvalue weighted by Gasteiger charge is 2.20. The van der Waals surface area contributed by atoms with E-state index in [-0.39, 0.29) is 0 Å². The van der Waals surface area contributed by atoms with Crippen LogP contribution < -0.4 is 11.1 Å². The highest BCUT2D eigenvalue weighted by molar-refractivity contribution is 7.80. The molecule has 1 saturated carbocycles. The van der Waals surface area contributed by atoms with Crippen LogP contribution in [0.15, 0.2) is 18.3 Å². The molecule has 1 aromatic rings. The highest BCUT2D eigenvalue weighted by Crippen LogP contribution is 2.31. The molecule has 1 aliphatic carbocycles. The van der Waals surface area contributed by atoms with Gasteiger partial charge in [0.1, 0.15) is 10.8 Å². The van der Waals surface area contributed by atoms with Crippen LogP contribution in [0.2, 0.25) is 0 Å². The van der Waals surface area contributed by atoms with Gasteiger partial charge < -0.3 is 11.1 Å². The first kappa shape index (κ1) is 10.4. The van der Waals surface area contributed by atoms with E-state index in [0.717, 1.165) is 23.8 Å². The lowest BCUT2D eigenvalue weighted by atomic mass is 10.2. The SMILES string of the molecule is NC(=S)c1ccc(NCCC2CC2)nc1. The van der Waals surface area contributed by atoms with E-state index in [2.05, 4.69) is 10.3 Å². The first-order valence-electron chi connectivity index (χ1n) is 5.25. The van der Waals surface area contributed by atoms with Gasteiger partial charge in [0.2, 0.25) is 0 Å². The fourth-order valence-corrected chi connectivity index (χ4v) is 1.58. The van der Waals surface area contributed by atoms with Crippen LogP contribution in [0.1, 0.15) is 24.8 Å². The average Bonchev–Trinajstić information content (AvgIpc) is 3.02. The Balaban J connectivity index is 1.83. The summed E-state index contributed by atoms with van der Waals surface area (Å²) in [5.74, 6) is 1.85. The molecule has 0 bridgehead atoms. The third-order valence-corrected chi connectivity index (χ3v) is 2.84. The van der Waals surface area contributed by atoms with Gasteiger partial charge >= 0.3 is 0 Å². The summed E-state index contributed by atoms with van der Waals surface area (Å²) < 4.78 is 0. The number of rotatable bonds is 5. The number of thiocarbonyl (C=S) groups is 1. The van der Waals surface area contributed by atoms with Crippen molar-refractivity contribution in [3.63, 3.8) is 0 Å². The Morgan fingerprint density at radius 1 is 1.53 bits per heavy atom. The second kappa shape index (κ2) is 4.57. The minimum atomic E-state index is 0.395. The minimum Gasteiger partial charge on any atom is -0.389 e.